The summed E-state index contributed by atoms with van der Waals surface area (Å²) in [5, 5.41) is 3.43. The van der Waals surface area contributed by atoms with Crippen LogP contribution in [-0.2, 0) is 0 Å². The third-order valence-corrected chi connectivity index (χ3v) is 3.45. The van der Waals surface area contributed by atoms with Crippen molar-refractivity contribution < 1.29 is 0 Å². The highest BCUT2D eigenvalue weighted by Crippen LogP contribution is 2.22. The molecule has 17 heavy (non-hydrogen) atoms. The minimum absolute atomic E-state index is 0.516. The zero-order chi connectivity index (χ0) is 12.7. The first-order chi connectivity index (χ1) is 8.19. The first kappa shape index (κ1) is 14.2. The van der Waals surface area contributed by atoms with Crippen LogP contribution in [0.1, 0.15) is 69.5 Å². The summed E-state index contributed by atoms with van der Waals surface area (Å²) in [4.78, 5) is 0. The summed E-state index contributed by atoms with van der Waals surface area (Å²) in [6.45, 7) is 6.74. The van der Waals surface area contributed by atoms with Gasteiger partial charge in [0.25, 0.3) is 0 Å². The average molecular weight is 233 g/mol. The zero-order valence-electron chi connectivity index (χ0n) is 11.8. The number of rotatable bonds is 7. The average Bonchev–Trinajstić information content (AvgIpc) is 2.35. The maximum absolute atomic E-state index is 3.43. The molecule has 1 nitrogen and oxygen atoms in total. The molecule has 0 aromatic heterocycles. The van der Waals surface area contributed by atoms with Crippen LogP contribution in [0.15, 0.2) is 24.3 Å². The molecule has 0 aliphatic heterocycles. The van der Waals surface area contributed by atoms with Crippen LogP contribution in [0.3, 0.4) is 0 Å². The van der Waals surface area contributed by atoms with Gasteiger partial charge in [-0.2, -0.15) is 0 Å². The van der Waals surface area contributed by atoms with Gasteiger partial charge in [0.05, 0.1) is 0 Å². The van der Waals surface area contributed by atoms with Gasteiger partial charge >= 0.3 is 0 Å². The van der Waals surface area contributed by atoms with E-state index in [2.05, 4.69) is 57.4 Å². The Kier molecular flexibility index (Phi) is 6.28. The lowest BCUT2D eigenvalue weighted by molar-refractivity contribution is 0.512. The lowest BCUT2D eigenvalue weighted by Gasteiger charge is -2.17. The van der Waals surface area contributed by atoms with Crippen molar-refractivity contribution in [2.24, 2.45) is 0 Å². The highest BCUT2D eigenvalue weighted by atomic mass is 14.9. The van der Waals surface area contributed by atoms with E-state index < -0.39 is 0 Å². The Hall–Kier alpha value is -0.820. The van der Waals surface area contributed by atoms with Crippen LogP contribution in [0.4, 0.5) is 0 Å². The third-order valence-electron chi connectivity index (χ3n) is 3.45. The first-order valence-corrected chi connectivity index (χ1v) is 6.96. The van der Waals surface area contributed by atoms with Gasteiger partial charge in [0.1, 0.15) is 0 Å². The van der Waals surface area contributed by atoms with E-state index in [1.807, 2.05) is 0 Å². The summed E-state index contributed by atoms with van der Waals surface area (Å²) in [5.41, 5.74) is 2.85. The van der Waals surface area contributed by atoms with Crippen molar-refractivity contribution in [3.05, 3.63) is 35.4 Å². The second-order valence-electron chi connectivity index (χ2n) is 5.16. The summed E-state index contributed by atoms with van der Waals surface area (Å²) >= 11 is 0. The normalized spacial score (nSPS) is 13.0. The van der Waals surface area contributed by atoms with Crippen LogP contribution in [0.5, 0.6) is 0 Å². The SMILES string of the molecule is CCCCCC(NC)c1ccc(C(C)C)cc1. The Morgan fingerprint density at radius 1 is 1.00 bits per heavy atom. The van der Waals surface area contributed by atoms with E-state index in [1.54, 1.807) is 0 Å². The number of benzene rings is 1. The van der Waals surface area contributed by atoms with E-state index in [1.165, 1.54) is 36.8 Å². The predicted octanol–water partition coefficient (Wildman–Crippen LogP) is 4.65. The van der Waals surface area contributed by atoms with E-state index in [-0.39, 0.29) is 0 Å². The molecule has 1 aromatic rings. The van der Waals surface area contributed by atoms with Crippen molar-refractivity contribution in [3.63, 3.8) is 0 Å². The van der Waals surface area contributed by atoms with Crippen molar-refractivity contribution in [1.82, 2.24) is 5.32 Å². The molecule has 0 heterocycles. The maximum atomic E-state index is 3.43. The Labute approximate surface area is 107 Å². The minimum Gasteiger partial charge on any atom is -0.313 e. The lowest BCUT2D eigenvalue weighted by Crippen LogP contribution is -2.16. The van der Waals surface area contributed by atoms with Gasteiger partial charge < -0.3 is 5.32 Å². The lowest BCUT2D eigenvalue weighted by atomic mass is 9.96. The summed E-state index contributed by atoms with van der Waals surface area (Å²) in [7, 11) is 2.06. The van der Waals surface area contributed by atoms with Crippen molar-refractivity contribution >= 4 is 0 Å². The van der Waals surface area contributed by atoms with E-state index in [4.69, 9.17) is 0 Å². The largest absolute Gasteiger partial charge is 0.313 e. The van der Waals surface area contributed by atoms with Gasteiger partial charge in [0.15, 0.2) is 0 Å². The van der Waals surface area contributed by atoms with Crippen molar-refractivity contribution in [2.75, 3.05) is 7.05 Å². The predicted molar refractivity (Wildman–Crippen MR) is 76.5 cm³/mol. The van der Waals surface area contributed by atoms with Crippen molar-refractivity contribution in [2.45, 2.75) is 58.4 Å². The molecule has 0 fully saturated rings. The van der Waals surface area contributed by atoms with Crippen LogP contribution in [0.2, 0.25) is 0 Å². The van der Waals surface area contributed by atoms with E-state index in [9.17, 15) is 0 Å². The molecular weight excluding hydrogens is 206 g/mol. The number of nitrogens with one attached hydrogen (secondary N) is 1. The molecule has 1 heteroatoms. The monoisotopic (exact) mass is 233 g/mol. The second-order valence-corrected chi connectivity index (χ2v) is 5.16. The smallest absolute Gasteiger partial charge is 0.0317 e. The molecule has 1 rings (SSSR count). The van der Waals surface area contributed by atoms with Gasteiger partial charge in [-0.05, 0) is 30.5 Å². The maximum Gasteiger partial charge on any atom is 0.0317 e. The van der Waals surface area contributed by atoms with Crippen molar-refractivity contribution in [1.29, 1.82) is 0 Å². The summed E-state index contributed by atoms with van der Waals surface area (Å²) in [6, 6.07) is 9.61. The zero-order valence-corrected chi connectivity index (χ0v) is 11.8. The number of hydrogen-bond acceptors (Lipinski definition) is 1. The molecule has 0 bridgehead atoms. The standard InChI is InChI=1S/C16H27N/c1-5-6-7-8-16(17-4)15-11-9-14(10-12-15)13(2)3/h9-13,16-17H,5-8H2,1-4H3. The molecule has 1 aromatic carbocycles. The summed E-state index contributed by atoms with van der Waals surface area (Å²) < 4.78 is 0. The van der Waals surface area contributed by atoms with Gasteiger partial charge in [-0.25, -0.2) is 0 Å². The Morgan fingerprint density at radius 2 is 1.59 bits per heavy atom. The van der Waals surface area contributed by atoms with Crippen molar-refractivity contribution in [3.8, 4) is 0 Å². The molecule has 0 aliphatic rings. The molecule has 1 atom stereocenters. The van der Waals surface area contributed by atoms with E-state index in [0.29, 0.717) is 12.0 Å². The van der Waals surface area contributed by atoms with Crippen LogP contribution in [0.25, 0.3) is 0 Å². The van der Waals surface area contributed by atoms with Gasteiger partial charge in [-0.1, -0.05) is 64.3 Å². The Balaban J connectivity index is 2.62. The Bertz CT molecular complexity index is 300. The second kappa shape index (κ2) is 7.50. The van der Waals surface area contributed by atoms with Gasteiger partial charge in [0, 0.05) is 6.04 Å². The highest BCUT2D eigenvalue weighted by Gasteiger charge is 2.08. The van der Waals surface area contributed by atoms with Crippen LogP contribution in [0, 0.1) is 0 Å². The fourth-order valence-corrected chi connectivity index (χ4v) is 2.19. The fourth-order valence-electron chi connectivity index (χ4n) is 2.19. The topological polar surface area (TPSA) is 12.0 Å². The first-order valence-electron chi connectivity index (χ1n) is 6.96. The van der Waals surface area contributed by atoms with Gasteiger partial charge in [0.2, 0.25) is 0 Å². The molecule has 0 aliphatic carbocycles. The third kappa shape index (κ3) is 4.51. The van der Waals surface area contributed by atoms with Crippen LogP contribution < -0.4 is 5.32 Å². The number of unbranched alkanes of at least 4 members (excludes halogenated alkanes) is 2. The van der Waals surface area contributed by atoms with E-state index in [0.717, 1.165) is 0 Å². The number of hydrogen-bond donors (Lipinski definition) is 1. The fraction of sp³-hybridized carbons (Fsp3) is 0.625. The van der Waals surface area contributed by atoms with E-state index >= 15 is 0 Å². The molecule has 1 unspecified atom stereocenters. The molecule has 0 saturated heterocycles. The molecule has 0 saturated carbocycles. The summed E-state index contributed by atoms with van der Waals surface area (Å²) in [6.07, 6.45) is 5.18. The van der Waals surface area contributed by atoms with Crippen LogP contribution in [-0.4, -0.2) is 7.05 Å². The van der Waals surface area contributed by atoms with Gasteiger partial charge in [-0.15, -0.1) is 0 Å². The molecular formula is C16H27N. The molecule has 96 valence electrons. The summed E-state index contributed by atoms with van der Waals surface area (Å²) in [5.74, 6) is 0.622. The van der Waals surface area contributed by atoms with Crippen LogP contribution >= 0.6 is 0 Å². The molecule has 1 N–H and O–H groups in total. The minimum atomic E-state index is 0.516. The Morgan fingerprint density at radius 3 is 2.06 bits per heavy atom. The quantitative estimate of drug-likeness (QED) is 0.676. The highest BCUT2D eigenvalue weighted by molar-refractivity contribution is 5.26. The van der Waals surface area contributed by atoms with Gasteiger partial charge in [-0.3, -0.25) is 0 Å². The molecule has 0 amide bonds. The molecule has 0 spiro atoms. The molecule has 0 radical (unpaired) electrons.